The Bertz CT molecular complexity index is 931. The average molecular weight is 366 g/mol. The second kappa shape index (κ2) is 7.03. The van der Waals surface area contributed by atoms with Gasteiger partial charge < -0.3 is 10.2 Å². The number of fused-ring (bicyclic) bond motifs is 1. The van der Waals surface area contributed by atoms with Crippen LogP contribution in [0.1, 0.15) is 37.1 Å². The molecule has 0 saturated heterocycles. The summed E-state index contributed by atoms with van der Waals surface area (Å²) in [5.74, 6) is 0.990. The Hall–Kier alpha value is -2.47. The van der Waals surface area contributed by atoms with Crippen LogP contribution in [0.2, 0.25) is 0 Å². The molecule has 2 aromatic heterocycles. The fourth-order valence-corrected chi connectivity index (χ4v) is 4.02. The number of rotatable bonds is 6. The molecule has 1 amide bonds. The predicted octanol–water partition coefficient (Wildman–Crippen LogP) is 4.51. The minimum absolute atomic E-state index is 0.155. The number of aryl methyl sites for hydroxylation is 1. The molecule has 134 valence electrons. The molecule has 1 aromatic carbocycles. The molecule has 0 unspecified atom stereocenters. The first-order valence-electron chi connectivity index (χ1n) is 9.00. The van der Waals surface area contributed by atoms with Crippen LogP contribution in [0.3, 0.4) is 0 Å². The molecule has 0 radical (unpaired) electrons. The summed E-state index contributed by atoms with van der Waals surface area (Å²) in [4.78, 5) is 24.9. The number of amides is 1. The summed E-state index contributed by atoms with van der Waals surface area (Å²) in [5, 5.41) is 4.46. The van der Waals surface area contributed by atoms with Crippen molar-refractivity contribution < 1.29 is 4.79 Å². The number of nitrogens with zero attached hydrogens (tertiary/aromatic N) is 3. The number of carbonyl (C=O) groups excluding carboxylic acids is 1. The molecule has 0 bridgehead atoms. The molecule has 6 heteroatoms. The van der Waals surface area contributed by atoms with Gasteiger partial charge in [0.15, 0.2) is 0 Å². The van der Waals surface area contributed by atoms with E-state index >= 15 is 0 Å². The van der Waals surface area contributed by atoms with Crippen LogP contribution in [0.25, 0.3) is 10.2 Å². The number of thiophene rings is 1. The highest BCUT2D eigenvalue weighted by Crippen LogP contribution is 2.31. The molecule has 0 atom stereocenters. The van der Waals surface area contributed by atoms with E-state index in [1.807, 2.05) is 17.0 Å². The average Bonchev–Trinajstić information content (AvgIpc) is 3.38. The summed E-state index contributed by atoms with van der Waals surface area (Å²) in [6.45, 7) is 4.48. The molecule has 0 spiro atoms. The van der Waals surface area contributed by atoms with Crippen LogP contribution >= 0.6 is 11.3 Å². The first kappa shape index (κ1) is 17.0. The van der Waals surface area contributed by atoms with Gasteiger partial charge in [0.25, 0.3) is 0 Å². The Morgan fingerprint density at radius 1 is 1.27 bits per heavy atom. The molecule has 26 heavy (non-hydrogen) atoms. The molecule has 2 heterocycles. The minimum Gasteiger partial charge on any atom is -0.340 e. The van der Waals surface area contributed by atoms with Crippen molar-refractivity contribution in [2.45, 2.75) is 45.7 Å². The number of hydrogen-bond acceptors (Lipinski definition) is 5. The number of nitrogens with one attached hydrogen (secondary N) is 1. The topological polar surface area (TPSA) is 58.1 Å². The lowest BCUT2D eigenvalue weighted by Crippen LogP contribution is -2.30. The second-order valence-corrected chi connectivity index (χ2v) is 7.82. The lowest BCUT2D eigenvalue weighted by atomic mass is 10.2. The molecule has 1 N–H and O–H groups in total. The van der Waals surface area contributed by atoms with Gasteiger partial charge in [-0.25, -0.2) is 9.97 Å². The van der Waals surface area contributed by atoms with E-state index in [9.17, 15) is 4.79 Å². The van der Waals surface area contributed by atoms with Gasteiger partial charge in [0.05, 0.1) is 5.39 Å². The molecular weight excluding hydrogens is 344 g/mol. The van der Waals surface area contributed by atoms with E-state index in [4.69, 9.17) is 0 Å². The zero-order chi connectivity index (χ0) is 18.1. The van der Waals surface area contributed by atoms with Crippen LogP contribution in [-0.2, 0) is 17.8 Å². The van der Waals surface area contributed by atoms with Gasteiger partial charge in [-0.1, -0.05) is 19.1 Å². The molecule has 3 aromatic rings. The maximum absolute atomic E-state index is 11.8. The minimum atomic E-state index is 0.155. The van der Waals surface area contributed by atoms with E-state index in [0.717, 1.165) is 46.5 Å². The smallest absolute Gasteiger partial charge is 0.219 e. The Morgan fingerprint density at radius 3 is 2.69 bits per heavy atom. The number of anilines is 2. The van der Waals surface area contributed by atoms with Crippen LogP contribution in [0, 0.1) is 0 Å². The van der Waals surface area contributed by atoms with Crippen LogP contribution in [0.4, 0.5) is 11.5 Å². The highest BCUT2D eigenvalue weighted by Gasteiger charge is 2.30. The number of carbonyl (C=O) groups is 1. The van der Waals surface area contributed by atoms with Crippen molar-refractivity contribution in [3.63, 3.8) is 0 Å². The Balaban J connectivity index is 1.51. The molecule has 4 rings (SSSR count). The summed E-state index contributed by atoms with van der Waals surface area (Å²) in [7, 11) is 0. The summed E-state index contributed by atoms with van der Waals surface area (Å²) < 4.78 is 0. The van der Waals surface area contributed by atoms with Crippen molar-refractivity contribution in [1.29, 1.82) is 0 Å². The SMILES string of the molecule is CCc1cc2c(Nc3ccc(CN(C(C)=O)C4CC4)cc3)ncnc2s1. The zero-order valence-electron chi connectivity index (χ0n) is 15.0. The largest absolute Gasteiger partial charge is 0.340 e. The van der Waals surface area contributed by atoms with E-state index in [1.165, 1.54) is 4.88 Å². The monoisotopic (exact) mass is 366 g/mol. The van der Waals surface area contributed by atoms with Crippen molar-refractivity contribution in [1.82, 2.24) is 14.9 Å². The molecule has 1 fully saturated rings. The number of aromatic nitrogens is 2. The zero-order valence-corrected chi connectivity index (χ0v) is 15.8. The van der Waals surface area contributed by atoms with E-state index < -0.39 is 0 Å². The van der Waals surface area contributed by atoms with Gasteiger partial charge >= 0.3 is 0 Å². The third kappa shape index (κ3) is 3.55. The summed E-state index contributed by atoms with van der Waals surface area (Å²) in [6, 6.07) is 10.8. The van der Waals surface area contributed by atoms with Gasteiger partial charge in [-0.15, -0.1) is 11.3 Å². The van der Waals surface area contributed by atoms with Crippen LogP contribution in [0.15, 0.2) is 36.7 Å². The van der Waals surface area contributed by atoms with Gasteiger partial charge in [-0.2, -0.15) is 0 Å². The van der Waals surface area contributed by atoms with E-state index in [2.05, 4.69) is 40.4 Å². The predicted molar refractivity (Wildman–Crippen MR) is 106 cm³/mol. The highest BCUT2D eigenvalue weighted by molar-refractivity contribution is 7.18. The third-order valence-electron chi connectivity index (χ3n) is 4.69. The highest BCUT2D eigenvalue weighted by atomic mass is 32.1. The fraction of sp³-hybridized carbons (Fsp3) is 0.350. The number of benzene rings is 1. The van der Waals surface area contributed by atoms with Crippen LogP contribution < -0.4 is 5.32 Å². The number of hydrogen-bond donors (Lipinski definition) is 1. The van der Waals surface area contributed by atoms with Crippen LogP contribution in [-0.4, -0.2) is 26.8 Å². The van der Waals surface area contributed by atoms with E-state index in [0.29, 0.717) is 12.6 Å². The summed E-state index contributed by atoms with van der Waals surface area (Å²) >= 11 is 1.71. The lowest BCUT2D eigenvalue weighted by Gasteiger charge is -2.20. The maximum Gasteiger partial charge on any atom is 0.219 e. The van der Waals surface area contributed by atoms with Crippen molar-refractivity contribution in [3.05, 3.63) is 47.1 Å². The second-order valence-electron chi connectivity index (χ2n) is 6.71. The van der Waals surface area contributed by atoms with Gasteiger partial charge in [-0.3, -0.25) is 4.79 Å². The normalized spacial score (nSPS) is 13.8. The Labute approximate surface area is 157 Å². The van der Waals surface area contributed by atoms with E-state index in [-0.39, 0.29) is 5.91 Å². The standard InChI is InChI=1S/C20H22N4OS/c1-3-17-10-18-19(21-12-22-20(18)26-17)23-15-6-4-14(5-7-15)11-24(13(2)25)16-8-9-16/h4-7,10,12,16H,3,8-9,11H2,1-2H3,(H,21,22,23). The molecule has 1 aliphatic carbocycles. The molecule has 1 aliphatic rings. The molecule has 1 saturated carbocycles. The summed E-state index contributed by atoms with van der Waals surface area (Å²) in [5.41, 5.74) is 2.13. The fourth-order valence-electron chi connectivity index (χ4n) is 3.09. The van der Waals surface area contributed by atoms with Crippen LogP contribution in [0.5, 0.6) is 0 Å². The van der Waals surface area contributed by atoms with Gasteiger partial charge in [0.1, 0.15) is 17.0 Å². The van der Waals surface area contributed by atoms with Gasteiger partial charge in [0, 0.05) is 30.1 Å². The first-order valence-corrected chi connectivity index (χ1v) is 9.82. The Kier molecular flexibility index (Phi) is 4.59. The molecule has 5 nitrogen and oxygen atoms in total. The maximum atomic E-state index is 11.8. The lowest BCUT2D eigenvalue weighted by molar-refractivity contribution is -0.130. The van der Waals surface area contributed by atoms with Gasteiger partial charge in [-0.05, 0) is 43.0 Å². The molecular formula is C20H22N4OS. The Morgan fingerprint density at radius 2 is 2.04 bits per heavy atom. The summed E-state index contributed by atoms with van der Waals surface area (Å²) in [6.07, 6.45) is 4.87. The van der Waals surface area contributed by atoms with Crippen molar-refractivity contribution in [2.24, 2.45) is 0 Å². The molecule has 0 aliphatic heterocycles. The van der Waals surface area contributed by atoms with E-state index in [1.54, 1.807) is 24.6 Å². The quantitative estimate of drug-likeness (QED) is 0.697. The van der Waals surface area contributed by atoms with Gasteiger partial charge in [0.2, 0.25) is 5.91 Å². The van der Waals surface area contributed by atoms with Crippen molar-refractivity contribution in [2.75, 3.05) is 5.32 Å². The van der Waals surface area contributed by atoms with Crippen molar-refractivity contribution >= 4 is 39.0 Å². The first-order chi connectivity index (χ1) is 12.6. The van der Waals surface area contributed by atoms with Crippen molar-refractivity contribution in [3.8, 4) is 0 Å². The third-order valence-corrected chi connectivity index (χ3v) is 5.88.